The van der Waals surface area contributed by atoms with Gasteiger partial charge in [0, 0.05) is 12.8 Å². The third-order valence-electron chi connectivity index (χ3n) is 3.61. The highest BCUT2D eigenvalue weighted by Gasteiger charge is 2.20. The molecule has 1 saturated heterocycles. The van der Waals surface area contributed by atoms with Gasteiger partial charge >= 0.3 is 0 Å². The van der Waals surface area contributed by atoms with Crippen molar-refractivity contribution in [3.63, 3.8) is 0 Å². The molecule has 0 aliphatic carbocycles. The van der Waals surface area contributed by atoms with Crippen molar-refractivity contribution in [1.29, 1.82) is 0 Å². The van der Waals surface area contributed by atoms with Crippen LogP contribution >= 0.6 is 0 Å². The molecule has 1 unspecified atom stereocenters. The summed E-state index contributed by atoms with van der Waals surface area (Å²) in [6.07, 6.45) is 6.35. The molecule has 1 aliphatic rings. The minimum absolute atomic E-state index is 0.0186. The van der Waals surface area contributed by atoms with E-state index in [0.29, 0.717) is 0 Å². The first-order valence-corrected chi connectivity index (χ1v) is 8.96. The van der Waals surface area contributed by atoms with E-state index in [0.717, 1.165) is 31.6 Å². The molecule has 3 heterocycles. The zero-order chi connectivity index (χ0) is 15.4. The third kappa shape index (κ3) is 3.50. The minimum atomic E-state index is -3.41. The van der Waals surface area contributed by atoms with E-state index in [2.05, 4.69) is 15.3 Å². The van der Waals surface area contributed by atoms with Crippen LogP contribution in [0.4, 0.5) is 0 Å². The van der Waals surface area contributed by atoms with Crippen LogP contribution in [-0.2, 0) is 21.1 Å². The molecule has 7 nitrogen and oxygen atoms in total. The quantitative estimate of drug-likeness (QED) is 0.826. The maximum Gasteiger partial charge on any atom is 0.197 e. The van der Waals surface area contributed by atoms with Gasteiger partial charge in [-0.25, -0.2) is 13.4 Å². The van der Waals surface area contributed by atoms with Gasteiger partial charge in [-0.05, 0) is 31.4 Å². The molecular formula is C14H18N4O3S. The number of nitrogens with zero attached hydrogens (tertiary/aromatic N) is 4. The molecule has 3 rings (SSSR count). The van der Waals surface area contributed by atoms with Crippen molar-refractivity contribution in [3.8, 4) is 0 Å². The molecule has 118 valence electrons. The summed E-state index contributed by atoms with van der Waals surface area (Å²) in [6.45, 7) is 0.990. The first-order valence-electron chi connectivity index (χ1n) is 7.30. The standard InChI is InChI=1S/C14H18N4O3S/c19-22(20,14-6-1-3-7-15-14)10-8-18-11-12(16-17-18)13-5-2-4-9-21-13/h1,3,6-7,11,13H,2,4-5,8-10H2. The van der Waals surface area contributed by atoms with Crippen LogP contribution in [0.25, 0.3) is 0 Å². The largest absolute Gasteiger partial charge is 0.372 e. The van der Waals surface area contributed by atoms with E-state index in [1.807, 2.05) is 0 Å². The molecular weight excluding hydrogens is 304 g/mol. The summed E-state index contributed by atoms with van der Waals surface area (Å²) in [5.74, 6) is -0.0572. The fourth-order valence-electron chi connectivity index (χ4n) is 2.39. The molecule has 1 fully saturated rings. The monoisotopic (exact) mass is 322 g/mol. The van der Waals surface area contributed by atoms with Crippen LogP contribution in [0.3, 0.4) is 0 Å². The SMILES string of the molecule is O=S(=O)(CCn1cc(C2CCCCO2)nn1)c1ccccn1. The number of aromatic nitrogens is 4. The summed E-state index contributed by atoms with van der Waals surface area (Å²) in [6, 6.07) is 4.85. The van der Waals surface area contributed by atoms with E-state index in [9.17, 15) is 8.42 Å². The minimum Gasteiger partial charge on any atom is -0.372 e. The summed E-state index contributed by atoms with van der Waals surface area (Å²) >= 11 is 0. The second-order valence-corrected chi connectivity index (χ2v) is 7.30. The Kier molecular flexibility index (Phi) is 4.49. The number of hydrogen-bond acceptors (Lipinski definition) is 6. The predicted molar refractivity (Wildman–Crippen MR) is 78.9 cm³/mol. The zero-order valence-electron chi connectivity index (χ0n) is 12.1. The summed E-state index contributed by atoms with van der Waals surface area (Å²) < 4.78 is 31.5. The molecule has 0 radical (unpaired) electrons. The second-order valence-electron chi connectivity index (χ2n) is 5.25. The van der Waals surface area contributed by atoms with E-state index >= 15 is 0 Å². The molecule has 22 heavy (non-hydrogen) atoms. The molecule has 0 bridgehead atoms. The van der Waals surface area contributed by atoms with Crippen LogP contribution in [0.2, 0.25) is 0 Å². The zero-order valence-corrected chi connectivity index (χ0v) is 12.9. The molecule has 2 aromatic heterocycles. The van der Waals surface area contributed by atoms with E-state index in [1.54, 1.807) is 23.0 Å². The Hall–Kier alpha value is -1.80. The number of aryl methyl sites for hydroxylation is 1. The average Bonchev–Trinajstić information content (AvgIpc) is 3.04. The maximum absolute atomic E-state index is 12.2. The van der Waals surface area contributed by atoms with Crippen molar-refractivity contribution in [2.75, 3.05) is 12.4 Å². The van der Waals surface area contributed by atoms with Crippen LogP contribution < -0.4 is 0 Å². The Bertz CT molecular complexity index is 709. The molecule has 1 atom stereocenters. The Labute approximate surface area is 129 Å². The van der Waals surface area contributed by atoms with Gasteiger partial charge in [0.05, 0.1) is 18.5 Å². The lowest BCUT2D eigenvalue weighted by Gasteiger charge is -2.19. The lowest BCUT2D eigenvalue weighted by molar-refractivity contribution is 0.0122. The summed E-state index contributed by atoms with van der Waals surface area (Å²) in [5.41, 5.74) is 0.773. The van der Waals surface area contributed by atoms with Gasteiger partial charge in [0.2, 0.25) is 0 Å². The van der Waals surface area contributed by atoms with Crippen molar-refractivity contribution in [2.45, 2.75) is 36.9 Å². The third-order valence-corrected chi connectivity index (χ3v) is 5.21. The Balaban J connectivity index is 1.63. The maximum atomic E-state index is 12.2. The first-order chi connectivity index (χ1) is 10.6. The predicted octanol–water partition coefficient (Wildman–Crippen LogP) is 1.39. The molecule has 0 aromatic carbocycles. The van der Waals surface area contributed by atoms with Gasteiger partial charge in [-0.2, -0.15) is 0 Å². The molecule has 0 N–H and O–H groups in total. The second kappa shape index (κ2) is 6.53. The number of sulfone groups is 1. The molecule has 8 heteroatoms. The van der Waals surface area contributed by atoms with E-state index in [-0.39, 0.29) is 23.4 Å². The highest BCUT2D eigenvalue weighted by atomic mass is 32.2. The number of hydrogen-bond donors (Lipinski definition) is 0. The van der Waals surface area contributed by atoms with Crippen LogP contribution in [0.15, 0.2) is 35.6 Å². The lowest BCUT2D eigenvalue weighted by atomic mass is 10.1. The molecule has 1 aliphatic heterocycles. The molecule has 0 saturated carbocycles. The van der Waals surface area contributed by atoms with Crippen molar-refractivity contribution in [3.05, 3.63) is 36.3 Å². The van der Waals surface area contributed by atoms with E-state index in [1.165, 1.54) is 12.3 Å². The fraction of sp³-hybridized carbons (Fsp3) is 0.500. The summed E-state index contributed by atoms with van der Waals surface area (Å²) in [5, 5.41) is 8.17. The highest BCUT2D eigenvalue weighted by molar-refractivity contribution is 7.91. The summed E-state index contributed by atoms with van der Waals surface area (Å²) in [7, 11) is -3.41. The van der Waals surface area contributed by atoms with Crippen molar-refractivity contribution in [1.82, 2.24) is 20.0 Å². The van der Waals surface area contributed by atoms with Gasteiger partial charge in [0.25, 0.3) is 0 Å². The van der Waals surface area contributed by atoms with Gasteiger partial charge < -0.3 is 4.74 Å². The van der Waals surface area contributed by atoms with Gasteiger partial charge in [0.1, 0.15) is 11.8 Å². The summed E-state index contributed by atoms with van der Waals surface area (Å²) in [4.78, 5) is 3.89. The first kappa shape index (κ1) is 15.1. The topological polar surface area (TPSA) is 87.0 Å². The number of rotatable bonds is 5. The molecule has 2 aromatic rings. The van der Waals surface area contributed by atoms with Crippen molar-refractivity contribution in [2.24, 2.45) is 0 Å². The van der Waals surface area contributed by atoms with Gasteiger partial charge in [-0.1, -0.05) is 11.3 Å². The highest BCUT2D eigenvalue weighted by Crippen LogP contribution is 2.25. The van der Waals surface area contributed by atoms with Crippen LogP contribution in [-0.4, -0.2) is 40.8 Å². The Morgan fingerprint density at radius 3 is 2.95 bits per heavy atom. The van der Waals surface area contributed by atoms with E-state index in [4.69, 9.17) is 4.74 Å². The van der Waals surface area contributed by atoms with Crippen LogP contribution in [0.5, 0.6) is 0 Å². The average molecular weight is 322 g/mol. The van der Waals surface area contributed by atoms with Gasteiger partial charge in [0.15, 0.2) is 14.9 Å². The smallest absolute Gasteiger partial charge is 0.197 e. The normalized spacial score (nSPS) is 19.2. The Morgan fingerprint density at radius 2 is 2.23 bits per heavy atom. The Morgan fingerprint density at radius 1 is 1.32 bits per heavy atom. The van der Waals surface area contributed by atoms with Gasteiger partial charge in [-0.3, -0.25) is 4.68 Å². The molecule has 0 spiro atoms. The van der Waals surface area contributed by atoms with E-state index < -0.39 is 9.84 Å². The molecule has 0 amide bonds. The van der Waals surface area contributed by atoms with Crippen LogP contribution in [0, 0.1) is 0 Å². The fourth-order valence-corrected chi connectivity index (χ4v) is 3.54. The van der Waals surface area contributed by atoms with Gasteiger partial charge in [-0.15, -0.1) is 5.10 Å². The number of pyridine rings is 1. The van der Waals surface area contributed by atoms with Crippen molar-refractivity contribution >= 4 is 9.84 Å². The number of ether oxygens (including phenoxy) is 1. The van der Waals surface area contributed by atoms with Crippen LogP contribution in [0.1, 0.15) is 31.1 Å². The van der Waals surface area contributed by atoms with Crippen molar-refractivity contribution < 1.29 is 13.2 Å². The lowest BCUT2D eigenvalue weighted by Crippen LogP contribution is -2.15.